The fraction of sp³-hybridized carbons (Fsp3) is 0.308. The Bertz CT molecular complexity index is 474. The Morgan fingerprint density at radius 2 is 1.94 bits per heavy atom. The van der Waals surface area contributed by atoms with Gasteiger partial charge in [-0.15, -0.1) is 0 Å². The summed E-state index contributed by atoms with van der Waals surface area (Å²) in [6, 6.07) is 8.83. The Labute approximate surface area is 106 Å². The standard InChI is InChI=1S/C13H15N3O2/c1-15-12(17)9-16(2)13(18)7-10-3-5-11(8-14)6-4-10/h3-6H,7,9H2,1-2H3,(H,15,17). The van der Waals surface area contributed by atoms with Crippen molar-refractivity contribution in [3.05, 3.63) is 35.4 Å². The van der Waals surface area contributed by atoms with Crippen molar-refractivity contribution in [3.8, 4) is 6.07 Å². The maximum atomic E-state index is 11.8. The number of nitriles is 1. The molecule has 0 unspecified atom stereocenters. The number of nitrogens with zero attached hydrogens (tertiary/aromatic N) is 2. The highest BCUT2D eigenvalue weighted by Gasteiger charge is 2.12. The molecule has 1 aromatic rings. The summed E-state index contributed by atoms with van der Waals surface area (Å²) in [6.07, 6.45) is 0.221. The Morgan fingerprint density at radius 3 is 2.44 bits per heavy atom. The van der Waals surface area contributed by atoms with Crippen molar-refractivity contribution >= 4 is 11.8 Å². The van der Waals surface area contributed by atoms with Gasteiger partial charge in [-0.05, 0) is 17.7 Å². The number of nitrogens with one attached hydrogen (secondary N) is 1. The number of benzene rings is 1. The molecule has 1 aromatic carbocycles. The van der Waals surface area contributed by atoms with Crippen LogP contribution in [0.25, 0.3) is 0 Å². The number of carbonyl (C=O) groups is 2. The van der Waals surface area contributed by atoms with Gasteiger partial charge in [0.2, 0.25) is 11.8 Å². The third-order valence-corrected chi connectivity index (χ3v) is 2.52. The van der Waals surface area contributed by atoms with Gasteiger partial charge in [0.05, 0.1) is 24.6 Å². The van der Waals surface area contributed by atoms with Crippen molar-refractivity contribution in [1.82, 2.24) is 10.2 Å². The van der Waals surface area contributed by atoms with E-state index in [-0.39, 0.29) is 24.8 Å². The van der Waals surface area contributed by atoms with E-state index >= 15 is 0 Å². The molecule has 0 fully saturated rings. The number of hydrogen-bond acceptors (Lipinski definition) is 3. The lowest BCUT2D eigenvalue weighted by Crippen LogP contribution is -2.37. The SMILES string of the molecule is CNC(=O)CN(C)C(=O)Cc1ccc(C#N)cc1. The predicted octanol–water partition coefficient (Wildman–Crippen LogP) is 0.305. The Kier molecular flexibility index (Phi) is 4.88. The molecule has 2 amide bonds. The minimum absolute atomic E-state index is 0.0472. The largest absolute Gasteiger partial charge is 0.358 e. The highest BCUT2D eigenvalue weighted by atomic mass is 16.2. The van der Waals surface area contributed by atoms with Crippen LogP contribution in [0.3, 0.4) is 0 Å². The van der Waals surface area contributed by atoms with E-state index < -0.39 is 0 Å². The van der Waals surface area contributed by atoms with Crippen LogP contribution < -0.4 is 5.32 Å². The first-order valence-corrected chi connectivity index (χ1v) is 5.50. The molecule has 0 atom stereocenters. The number of likely N-dealkylation sites (N-methyl/N-ethyl adjacent to an activating group) is 2. The number of amides is 2. The second-order valence-electron chi connectivity index (χ2n) is 3.91. The second kappa shape index (κ2) is 6.40. The van der Waals surface area contributed by atoms with Crippen LogP contribution in [-0.2, 0) is 16.0 Å². The third-order valence-electron chi connectivity index (χ3n) is 2.52. The summed E-state index contributed by atoms with van der Waals surface area (Å²) in [7, 11) is 3.11. The van der Waals surface area contributed by atoms with E-state index in [1.165, 1.54) is 11.9 Å². The summed E-state index contributed by atoms with van der Waals surface area (Å²) >= 11 is 0. The lowest BCUT2D eigenvalue weighted by molar-refractivity contribution is -0.134. The second-order valence-corrected chi connectivity index (χ2v) is 3.91. The average molecular weight is 245 g/mol. The molecule has 1 N–H and O–H groups in total. The number of hydrogen-bond donors (Lipinski definition) is 1. The third kappa shape index (κ3) is 3.91. The van der Waals surface area contributed by atoms with E-state index in [1.54, 1.807) is 31.3 Å². The monoisotopic (exact) mass is 245 g/mol. The molecule has 0 saturated carbocycles. The van der Waals surface area contributed by atoms with Gasteiger partial charge in [-0.3, -0.25) is 9.59 Å². The van der Waals surface area contributed by atoms with Crippen LogP contribution in [0.4, 0.5) is 0 Å². The van der Waals surface area contributed by atoms with Crippen LogP contribution in [0.2, 0.25) is 0 Å². The van der Waals surface area contributed by atoms with E-state index in [0.29, 0.717) is 5.56 Å². The molecule has 0 aliphatic carbocycles. The molecular formula is C13H15N3O2. The van der Waals surface area contributed by atoms with Crippen molar-refractivity contribution in [2.45, 2.75) is 6.42 Å². The van der Waals surface area contributed by atoms with Crippen LogP contribution in [0, 0.1) is 11.3 Å². The van der Waals surface area contributed by atoms with E-state index in [1.807, 2.05) is 6.07 Å². The van der Waals surface area contributed by atoms with Crippen molar-refractivity contribution in [3.63, 3.8) is 0 Å². The Morgan fingerprint density at radius 1 is 1.33 bits per heavy atom. The quantitative estimate of drug-likeness (QED) is 0.829. The summed E-state index contributed by atoms with van der Waals surface area (Å²) in [5.74, 6) is -0.339. The maximum Gasteiger partial charge on any atom is 0.239 e. The van der Waals surface area contributed by atoms with Gasteiger partial charge in [-0.1, -0.05) is 12.1 Å². The summed E-state index contributed by atoms with van der Waals surface area (Å²) < 4.78 is 0. The highest BCUT2D eigenvalue weighted by Crippen LogP contribution is 2.05. The van der Waals surface area contributed by atoms with Gasteiger partial charge in [0.25, 0.3) is 0 Å². The minimum atomic E-state index is -0.203. The van der Waals surface area contributed by atoms with Gasteiger partial charge in [0.1, 0.15) is 0 Å². The van der Waals surface area contributed by atoms with E-state index in [4.69, 9.17) is 5.26 Å². The minimum Gasteiger partial charge on any atom is -0.358 e. The molecule has 1 rings (SSSR count). The van der Waals surface area contributed by atoms with Gasteiger partial charge >= 0.3 is 0 Å². The molecular weight excluding hydrogens is 230 g/mol. The van der Waals surface area contributed by atoms with Crippen molar-refractivity contribution in [2.75, 3.05) is 20.6 Å². The van der Waals surface area contributed by atoms with Gasteiger partial charge < -0.3 is 10.2 Å². The zero-order chi connectivity index (χ0) is 13.5. The molecule has 0 saturated heterocycles. The predicted molar refractivity (Wildman–Crippen MR) is 66.6 cm³/mol. The molecule has 5 heteroatoms. The Balaban J connectivity index is 2.58. The fourth-order valence-corrected chi connectivity index (χ4v) is 1.39. The topological polar surface area (TPSA) is 73.2 Å². The summed E-state index contributed by atoms with van der Waals surface area (Å²) in [5.41, 5.74) is 1.38. The summed E-state index contributed by atoms with van der Waals surface area (Å²) in [6.45, 7) is 0.0472. The highest BCUT2D eigenvalue weighted by molar-refractivity contribution is 5.85. The van der Waals surface area contributed by atoms with E-state index in [0.717, 1.165) is 5.56 Å². The van der Waals surface area contributed by atoms with Gasteiger partial charge in [0.15, 0.2) is 0 Å². The first-order chi connectivity index (χ1) is 8.56. The summed E-state index contributed by atoms with van der Waals surface area (Å²) in [5, 5.41) is 11.1. The molecule has 0 spiro atoms. The number of rotatable bonds is 4. The zero-order valence-electron chi connectivity index (χ0n) is 10.4. The average Bonchev–Trinajstić information content (AvgIpc) is 2.39. The van der Waals surface area contributed by atoms with Gasteiger partial charge in [-0.25, -0.2) is 0 Å². The normalized spacial score (nSPS) is 9.39. The van der Waals surface area contributed by atoms with Crippen LogP contribution in [0.1, 0.15) is 11.1 Å². The zero-order valence-corrected chi connectivity index (χ0v) is 10.4. The fourth-order valence-electron chi connectivity index (χ4n) is 1.39. The summed E-state index contributed by atoms with van der Waals surface area (Å²) in [4.78, 5) is 24.3. The lowest BCUT2D eigenvalue weighted by Gasteiger charge is -2.16. The van der Waals surface area contributed by atoms with Gasteiger partial charge in [-0.2, -0.15) is 5.26 Å². The molecule has 0 radical (unpaired) electrons. The van der Waals surface area contributed by atoms with Gasteiger partial charge in [0, 0.05) is 14.1 Å². The molecule has 0 aliphatic rings. The Hall–Kier alpha value is -2.35. The van der Waals surface area contributed by atoms with Crippen molar-refractivity contribution < 1.29 is 9.59 Å². The molecule has 5 nitrogen and oxygen atoms in total. The molecule has 0 aliphatic heterocycles. The molecule has 0 bridgehead atoms. The molecule has 0 aromatic heterocycles. The van der Waals surface area contributed by atoms with Crippen LogP contribution in [0.15, 0.2) is 24.3 Å². The van der Waals surface area contributed by atoms with E-state index in [2.05, 4.69) is 5.32 Å². The number of carbonyl (C=O) groups excluding carboxylic acids is 2. The molecule has 94 valence electrons. The van der Waals surface area contributed by atoms with Crippen LogP contribution in [0.5, 0.6) is 0 Å². The van der Waals surface area contributed by atoms with Crippen LogP contribution in [-0.4, -0.2) is 37.4 Å². The van der Waals surface area contributed by atoms with Crippen molar-refractivity contribution in [1.29, 1.82) is 5.26 Å². The van der Waals surface area contributed by atoms with Crippen LogP contribution >= 0.6 is 0 Å². The smallest absolute Gasteiger partial charge is 0.239 e. The first-order valence-electron chi connectivity index (χ1n) is 5.50. The molecule has 18 heavy (non-hydrogen) atoms. The molecule has 0 heterocycles. The van der Waals surface area contributed by atoms with E-state index in [9.17, 15) is 9.59 Å². The lowest BCUT2D eigenvalue weighted by atomic mass is 10.1. The first kappa shape index (κ1) is 13.7. The van der Waals surface area contributed by atoms with Crippen molar-refractivity contribution in [2.24, 2.45) is 0 Å². The maximum absolute atomic E-state index is 11.8.